The molecule has 1 amide bonds. The van der Waals surface area contributed by atoms with E-state index < -0.39 is 0 Å². The highest BCUT2D eigenvalue weighted by molar-refractivity contribution is 5.85. The van der Waals surface area contributed by atoms with Gasteiger partial charge in [-0.05, 0) is 25.1 Å². The number of pyridine rings is 1. The number of nitrogens with one attached hydrogen (secondary N) is 1. The Hall–Kier alpha value is -1.30. The molecule has 0 radical (unpaired) electrons. The van der Waals surface area contributed by atoms with Crippen LogP contribution in [0.2, 0.25) is 0 Å². The van der Waals surface area contributed by atoms with Crippen molar-refractivity contribution in [3.8, 4) is 0 Å². The van der Waals surface area contributed by atoms with Gasteiger partial charge in [0, 0.05) is 18.9 Å². The molecular formula is C12H18Cl2N4O. The highest BCUT2D eigenvalue weighted by Crippen LogP contribution is 2.04. The maximum absolute atomic E-state index is 11.6. The van der Waals surface area contributed by atoms with Crippen molar-refractivity contribution in [1.29, 1.82) is 0 Å². The molecule has 0 aliphatic rings. The summed E-state index contributed by atoms with van der Waals surface area (Å²) in [6, 6.07) is 5.77. The third-order valence-electron chi connectivity index (χ3n) is 2.46. The minimum atomic E-state index is -0.0122. The number of nitrogens with two attached hydrogens (primary N) is 1. The van der Waals surface area contributed by atoms with Crippen LogP contribution in [0.4, 0.5) is 0 Å². The summed E-state index contributed by atoms with van der Waals surface area (Å²) in [5.41, 5.74) is 6.99. The van der Waals surface area contributed by atoms with Crippen molar-refractivity contribution in [2.45, 2.75) is 12.8 Å². The van der Waals surface area contributed by atoms with Crippen LogP contribution in [0, 0.1) is 0 Å². The van der Waals surface area contributed by atoms with E-state index in [4.69, 9.17) is 5.73 Å². The molecule has 0 saturated heterocycles. The topological polar surface area (TPSA) is 72.4 Å². The number of hydrogen-bond donors (Lipinski definition) is 2. The first-order valence-electron chi connectivity index (χ1n) is 5.69. The van der Waals surface area contributed by atoms with E-state index in [1.165, 1.54) is 0 Å². The SMILES string of the molecule is Cl.Cl.NCCCNC(=O)Cc1cn2ccccc2n1. The minimum absolute atomic E-state index is 0. The molecular weight excluding hydrogens is 287 g/mol. The number of amides is 1. The molecule has 106 valence electrons. The van der Waals surface area contributed by atoms with Crippen LogP contribution < -0.4 is 11.1 Å². The zero-order valence-corrected chi connectivity index (χ0v) is 12.0. The van der Waals surface area contributed by atoms with E-state index in [9.17, 15) is 4.79 Å². The van der Waals surface area contributed by atoms with E-state index in [0.717, 1.165) is 17.8 Å². The first kappa shape index (κ1) is 17.7. The molecule has 2 rings (SSSR count). The van der Waals surface area contributed by atoms with E-state index in [2.05, 4.69) is 10.3 Å². The van der Waals surface area contributed by atoms with Crippen LogP contribution in [-0.4, -0.2) is 28.4 Å². The Morgan fingerprint density at radius 2 is 2.16 bits per heavy atom. The number of rotatable bonds is 5. The molecule has 5 nitrogen and oxygen atoms in total. The highest BCUT2D eigenvalue weighted by Gasteiger charge is 2.06. The molecule has 3 N–H and O–H groups in total. The molecule has 2 heterocycles. The number of carbonyl (C=O) groups is 1. The molecule has 19 heavy (non-hydrogen) atoms. The number of fused-ring (bicyclic) bond motifs is 1. The lowest BCUT2D eigenvalue weighted by atomic mass is 10.3. The summed E-state index contributed by atoms with van der Waals surface area (Å²) < 4.78 is 1.91. The predicted molar refractivity (Wildman–Crippen MR) is 80.1 cm³/mol. The summed E-state index contributed by atoms with van der Waals surface area (Å²) in [6.45, 7) is 1.22. The van der Waals surface area contributed by atoms with Gasteiger partial charge in [0.05, 0.1) is 12.1 Å². The van der Waals surface area contributed by atoms with Crippen LogP contribution in [0.1, 0.15) is 12.1 Å². The molecule has 0 saturated carbocycles. The number of nitrogens with zero attached hydrogens (tertiary/aromatic N) is 2. The second-order valence-corrected chi connectivity index (χ2v) is 3.87. The highest BCUT2D eigenvalue weighted by atomic mass is 35.5. The van der Waals surface area contributed by atoms with E-state index >= 15 is 0 Å². The Morgan fingerprint density at radius 3 is 2.84 bits per heavy atom. The van der Waals surface area contributed by atoms with Gasteiger partial charge in [-0.3, -0.25) is 4.79 Å². The fourth-order valence-corrected chi connectivity index (χ4v) is 1.63. The fourth-order valence-electron chi connectivity index (χ4n) is 1.63. The molecule has 2 aromatic rings. The Kier molecular flexibility index (Phi) is 8.14. The largest absolute Gasteiger partial charge is 0.356 e. The molecule has 0 bridgehead atoms. The molecule has 0 unspecified atom stereocenters. The van der Waals surface area contributed by atoms with Gasteiger partial charge in [0.1, 0.15) is 5.65 Å². The number of carbonyl (C=O) groups excluding carboxylic acids is 1. The van der Waals surface area contributed by atoms with Gasteiger partial charge in [0.15, 0.2) is 0 Å². The molecule has 2 aromatic heterocycles. The fraction of sp³-hybridized carbons (Fsp3) is 0.333. The molecule has 0 fully saturated rings. The first-order valence-corrected chi connectivity index (χ1v) is 5.69. The van der Waals surface area contributed by atoms with E-state index in [-0.39, 0.29) is 30.7 Å². The van der Waals surface area contributed by atoms with E-state index in [1.807, 2.05) is 35.0 Å². The van der Waals surface area contributed by atoms with Crippen LogP contribution in [0.15, 0.2) is 30.6 Å². The minimum Gasteiger partial charge on any atom is -0.356 e. The van der Waals surface area contributed by atoms with Crippen molar-refractivity contribution < 1.29 is 4.79 Å². The van der Waals surface area contributed by atoms with Crippen molar-refractivity contribution in [1.82, 2.24) is 14.7 Å². The van der Waals surface area contributed by atoms with Gasteiger partial charge in [-0.2, -0.15) is 0 Å². The smallest absolute Gasteiger partial charge is 0.226 e. The van der Waals surface area contributed by atoms with Gasteiger partial charge in [-0.25, -0.2) is 4.98 Å². The zero-order chi connectivity index (χ0) is 12.1. The maximum atomic E-state index is 11.6. The lowest BCUT2D eigenvalue weighted by Crippen LogP contribution is -2.27. The lowest BCUT2D eigenvalue weighted by Gasteiger charge is -2.01. The van der Waals surface area contributed by atoms with Crippen LogP contribution >= 0.6 is 24.8 Å². The molecule has 0 aliphatic carbocycles. The number of hydrogen-bond acceptors (Lipinski definition) is 3. The van der Waals surface area contributed by atoms with Gasteiger partial charge >= 0.3 is 0 Å². The third kappa shape index (κ3) is 5.06. The van der Waals surface area contributed by atoms with Gasteiger partial charge in [0.25, 0.3) is 0 Å². The van der Waals surface area contributed by atoms with Gasteiger partial charge in [-0.15, -0.1) is 24.8 Å². The van der Waals surface area contributed by atoms with Crippen molar-refractivity contribution in [3.05, 3.63) is 36.3 Å². The Morgan fingerprint density at radius 1 is 1.37 bits per heavy atom. The normalized spacial score (nSPS) is 9.53. The van der Waals surface area contributed by atoms with E-state index in [1.54, 1.807) is 0 Å². The Labute approximate surface area is 124 Å². The Bertz CT molecular complexity index is 482. The molecule has 0 aromatic carbocycles. The van der Waals surface area contributed by atoms with Crippen LogP contribution in [0.5, 0.6) is 0 Å². The van der Waals surface area contributed by atoms with Crippen molar-refractivity contribution in [3.63, 3.8) is 0 Å². The monoisotopic (exact) mass is 304 g/mol. The summed E-state index contributed by atoms with van der Waals surface area (Å²) in [7, 11) is 0. The second-order valence-electron chi connectivity index (χ2n) is 3.87. The number of imidazole rings is 1. The summed E-state index contributed by atoms with van der Waals surface area (Å²) in [4.78, 5) is 15.9. The average molecular weight is 305 g/mol. The average Bonchev–Trinajstić information content (AvgIpc) is 2.71. The number of halogens is 2. The number of aromatic nitrogens is 2. The molecule has 0 atom stereocenters. The van der Waals surface area contributed by atoms with Crippen LogP contribution in [0.3, 0.4) is 0 Å². The molecule has 0 aliphatic heterocycles. The van der Waals surface area contributed by atoms with E-state index in [0.29, 0.717) is 19.5 Å². The predicted octanol–water partition coefficient (Wildman–Crippen LogP) is 1.19. The van der Waals surface area contributed by atoms with Crippen molar-refractivity contribution in [2.75, 3.05) is 13.1 Å². The lowest BCUT2D eigenvalue weighted by molar-refractivity contribution is -0.120. The second kappa shape index (κ2) is 8.74. The van der Waals surface area contributed by atoms with Crippen LogP contribution in [0.25, 0.3) is 5.65 Å². The standard InChI is InChI=1S/C12H16N4O.2ClH/c13-5-3-6-14-12(17)8-10-9-16-7-2-1-4-11(16)15-10;;/h1-2,4,7,9H,3,5-6,8,13H2,(H,14,17);2*1H. The van der Waals surface area contributed by atoms with Gasteiger partial charge in [-0.1, -0.05) is 6.07 Å². The molecule has 0 spiro atoms. The zero-order valence-electron chi connectivity index (χ0n) is 10.4. The van der Waals surface area contributed by atoms with Gasteiger partial charge < -0.3 is 15.5 Å². The third-order valence-corrected chi connectivity index (χ3v) is 2.46. The quantitative estimate of drug-likeness (QED) is 0.815. The first-order chi connectivity index (χ1) is 8.29. The maximum Gasteiger partial charge on any atom is 0.226 e. The molecule has 7 heteroatoms. The summed E-state index contributed by atoms with van der Waals surface area (Å²) >= 11 is 0. The van der Waals surface area contributed by atoms with Crippen molar-refractivity contribution in [2.24, 2.45) is 5.73 Å². The van der Waals surface area contributed by atoms with Gasteiger partial charge in [0.2, 0.25) is 5.91 Å². The van der Waals surface area contributed by atoms with Crippen molar-refractivity contribution >= 4 is 36.4 Å². The summed E-state index contributed by atoms with van der Waals surface area (Å²) in [5.74, 6) is -0.0122. The Balaban J connectivity index is 0.00000162. The summed E-state index contributed by atoms with van der Waals surface area (Å²) in [6.07, 6.45) is 4.90. The van der Waals surface area contributed by atoms with Crippen LogP contribution in [-0.2, 0) is 11.2 Å². The summed E-state index contributed by atoms with van der Waals surface area (Å²) in [5, 5.41) is 2.81.